The van der Waals surface area contributed by atoms with Crippen LogP contribution in [0.15, 0.2) is 52.3 Å². The minimum absolute atomic E-state index is 0.0100. The molecule has 2 aliphatic rings. The van der Waals surface area contributed by atoms with Crippen LogP contribution in [0.25, 0.3) is 11.0 Å². The van der Waals surface area contributed by atoms with Gasteiger partial charge in [0.15, 0.2) is 0 Å². The molecule has 3 N–H and O–H groups in total. The Morgan fingerprint density at radius 2 is 1.85 bits per heavy atom. The number of ether oxygens (including phenoxy) is 2. The van der Waals surface area contributed by atoms with E-state index in [2.05, 4.69) is 15.0 Å². The zero-order chi connectivity index (χ0) is 27.4. The van der Waals surface area contributed by atoms with Gasteiger partial charge >= 0.3 is 6.09 Å². The van der Waals surface area contributed by atoms with E-state index in [9.17, 15) is 18.0 Å². The van der Waals surface area contributed by atoms with Crippen LogP contribution in [0.4, 0.5) is 10.7 Å². The molecule has 39 heavy (non-hydrogen) atoms. The predicted molar refractivity (Wildman–Crippen MR) is 144 cm³/mol. The molecule has 13 heteroatoms. The number of benzene rings is 1. The molecule has 3 aromatic rings. The third-order valence-electron chi connectivity index (χ3n) is 7.18. The molecule has 0 bridgehead atoms. The number of fused-ring (bicyclic) bond motifs is 1. The van der Waals surface area contributed by atoms with Crippen molar-refractivity contribution in [2.45, 2.75) is 55.5 Å². The zero-order valence-corrected chi connectivity index (χ0v) is 22.3. The molecule has 1 saturated carbocycles. The van der Waals surface area contributed by atoms with Gasteiger partial charge in [-0.3, -0.25) is 9.36 Å². The number of pyridine rings is 1. The van der Waals surface area contributed by atoms with Gasteiger partial charge in [0.2, 0.25) is 16.0 Å². The Kier molecular flexibility index (Phi) is 7.98. The fourth-order valence-electron chi connectivity index (χ4n) is 5.22. The fourth-order valence-corrected chi connectivity index (χ4v) is 6.73. The first-order chi connectivity index (χ1) is 18.8. The van der Waals surface area contributed by atoms with Crippen molar-refractivity contribution in [3.63, 3.8) is 0 Å². The third-order valence-corrected chi connectivity index (χ3v) is 9.08. The number of carbonyl (C=O) groups excluding carboxylic acids is 1. The second kappa shape index (κ2) is 11.6. The quantitative estimate of drug-likeness (QED) is 0.378. The summed E-state index contributed by atoms with van der Waals surface area (Å²) in [5.41, 5.74) is 5.50. The van der Waals surface area contributed by atoms with E-state index in [0.29, 0.717) is 43.3 Å². The lowest BCUT2D eigenvalue weighted by atomic mass is 10.1. The van der Waals surface area contributed by atoms with E-state index in [1.54, 1.807) is 35.0 Å². The van der Waals surface area contributed by atoms with Crippen LogP contribution < -0.4 is 21.3 Å². The van der Waals surface area contributed by atoms with Crippen molar-refractivity contribution in [3.8, 4) is 5.75 Å². The summed E-state index contributed by atoms with van der Waals surface area (Å²) >= 11 is 0. The summed E-state index contributed by atoms with van der Waals surface area (Å²) in [4.78, 5) is 32.6. The van der Waals surface area contributed by atoms with Crippen molar-refractivity contribution in [2.24, 2.45) is 5.73 Å². The Morgan fingerprint density at radius 3 is 2.59 bits per heavy atom. The SMILES string of the molecule is NC(=O)OCCOc1cccc(S(=O)(=O)N2CCC(Nc3ncc4ccc(=O)n(C5CCCC5)c4n3)CC2)c1. The highest BCUT2D eigenvalue weighted by Gasteiger charge is 2.30. The number of hydrogen-bond acceptors (Lipinski definition) is 9. The Morgan fingerprint density at radius 1 is 1.08 bits per heavy atom. The van der Waals surface area contributed by atoms with E-state index in [1.807, 2.05) is 0 Å². The van der Waals surface area contributed by atoms with Gasteiger partial charge in [-0.15, -0.1) is 0 Å². The lowest BCUT2D eigenvalue weighted by molar-refractivity contribution is 0.133. The van der Waals surface area contributed by atoms with E-state index in [0.717, 1.165) is 31.1 Å². The number of amides is 1. The molecule has 1 amide bonds. The molecule has 0 radical (unpaired) electrons. The van der Waals surface area contributed by atoms with Gasteiger partial charge in [0.1, 0.15) is 24.6 Å². The van der Waals surface area contributed by atoms with E-state index >= 15 is 0 Å². The maximum absolute atomic E-state index is 13.3. The van der Waals surface area contributed by atoms with Gasteiger partial charge in [-0.1, -0.05) is 18.9 Å². The smallest absolute Gasteiger partial charge is 0.404 e. The average molecular weight is 557 g/mol. The number of nitrogens with zero attached hydrogens (tertiary/aromatic N) is 4. The maximum Gasteiger partial charge on any atom is 0.404 e. The molecule has 1 aromatic carbocycles. The number of aromatic nitrogens is 3. The predicted octanol–water partition coefficient (Wildman–Crippen LogP) is 2.65. The summed E-state index contributed by atoms with van der Waals surface area (Å²) in [6, 6.07) is 9.70. The summed E-state index contributed by atoms with van der Waals surface area (Å²) in [6.45, 7) is 0.680. The maximum atomic E-state index is 13.3. The van der Waals surface area contributed by atoms with Crippen LogP contribution in [-0.4, -0.2) is 65.7 Å². The van der Waals surface area contributed by atoms with E-state index in [4.69, 9.17) is 15.5 Å². The molecular formula is C26H32N6O6S. The van der Waals surface area contributed by atoms with E-state index in [1.165, 1.54) is 16.4 Å². The van der Waals surface area contributed by atoms with Gasteiger partial charge in [0.05, 0.1) is 4.90 Å². The number of carbonyl (C=O) groups is 1. The first-order valence-electron chi connectivity index (χ1n) is 13.1. The molecule has 1 saturated heterocycles. The summed E-state index contributed by atoms with van der Waals surface area (Å²) < 4.78 is 39.9. The fraction of sp³-hybridized carbons (Fsp3) is 0.462. The number of rotatable bonds is 9. The van der Waals surface area contributed by atoms with Crippen molar-refractivity contribution in [1.29, 1.82) is 0 Å². The van der Waals surface area contributed by atoms with Crippen LogP contribution in [0.1, 0.15) is 44.6 Å². The van der Waals surface area contributed by atoms with Crippen LogP contribution in [0.2, 0.25) is 0 Å². The zero-order valence-electron chi connectivity index (χ0n) is 21.5. The Bertz CT molecular complexity index is 1500. The largest absolute Gasteiger partial charge is 0.490 e. The van der Waals surface area contributed by atoms with Crippen molar-refractivity contribution in [3.05, 3.63) is 52.9 Å². The molecule has 2 aromatic heterocycles. The molecule has 0 spiro atoms. The van der Waals surface area contributed by atoms with Gasteiger partial charge in [-0.25, -0.2) is 18.2 Å². The molecule has 5 rings (SSSR count). The number of nitrogens with one attached hydrogen (secondary N) is 1. The Balaban J connectivity index is 1.22. The van der Waals surface area contributed by atoms with Gasteiger partial charge in [-0.2, -0.15) is 9.29 Å². The molecule has 0 unspecified atom stereocenters. The molecule has 2 fully saturated rings. The van der Waals surface area contributed by atoms with Gasteiger partial charge in [0.25, 0.3) is 5.56 Å². The number of piperidine rings is 1. The van der Waals surface area contributed by atoms with Gasteiger partial charge < -0.3 is 20.5 Å². The highest BCUT2D eigenvalue weighted by atomic mass is 32.2. The lowest BCUT2D eigenvalue weighted by Gasteiger charge is -2.31. The number of hydrogen-bond donors (Lipinski definition) is 2. The molecule has 12 nitrogen and oxygen atoms in total. The normalized spacial score (nSPS) is 17.3. The number of sulfonamides is 1. The first-order valence-corrected chi connectivity index (χ1v) is 14.6. The van der Waals surface area contributed by atoms with Crippen molar-refractivity contribution in [2.75, 3.05) is 31.6 Å². The van der Waals surface area contributed by atoms with Crippen LogP contribution in [0.5, 0.6) is 5.75 Å². The summed E-state index contributed by atoms with van der Waals surface area (Å²) in [5, 5.41) is 4.16. The van der Waals surface area contributed by atoms with Crippen molar-refractivity contribution >= 4 is 33.1 Å². The highest BCUT2D eigenvalue weighted by molar-refractivity contribution is 7.89. The minimum atomic E-state index is -3.72. The van der Waals surface area contributed by atoms with Gasteiger partial charge in [-0.05, 0) is 43.9 Å². The van der Waals surface area contributed by atoms with E-state index in [-0.39, 0.29) is 35.8 Å². The number of nitrogens with two attached hydrogens (primary N) is 1. The minimum Gasteiger partial charge on any atom is -0.490 e. The topological polar surface area (TPSA) is 159 Å². The molecule has 1 aliphatic heterocycles. The van der Waals surface area contributed by atoms with Gasteiger partial charge in [0, 0.05) is 48.9 Å². The second-order valence-corrected chi connectivity index (χ2v) is 11.7. The number of anilines is 1. The molecule has 1 aliphatic carbocycles. The van der Waals surface area contributed by atoms with Crippen LogP contribution >= 0.6 is 0 Å². The monoisotopic (exact) mass is 556 g/mol. The number of primary amides is 1. The second-order valence-electron chi connectivity index (χ2n) is 9.77. The summed E-state index contributed by atoms with van der Waals surface area (Å²) in [7, 11) is -3.72. The summed E-state index contributed by atoms with van der Waals surface area (Å²) in [6.07, 6.45) is 6.13. The first kappa shape index (κ1) is 26.9. The molecule has 3 heterocycles. The van der Waals surface area contributed by atoms with Crippen LogP contribution in [-0.2, 0) is 14.8 Å². The van der Waals surface area contributed by atoms with Crippen molar-refractivity contribution < 1.29 is 22.7 Å². The average Bonchev–Trinajstić information content (AvgIpc) is 3.46. The molecule has 0 atom stereocenters. The van der Waals surface area contributed by atoms with Crippen LogP contribution in [0.3, 0.4) is 0 Å². The Hall–Kier alpha value is -3.71. The lowest BCUT2D eigenvalue weighted by Crippen LogP contribution is -2.42. The Labute approximate surface area is 226 Å². The van der Waals surface area contributed by atoms with Crippen molar-refractivity contribution in [1.82, 2.24) is 18.8 Å². The van der Waals surface area contributed by atoms with E-state index < -0.39 is 16.1 Å². The standard InChI is InChI=1S/C26H32N6O6S/c27-25(34)38-15-14-37-21-6-3-7-22(16-21)39(35,36)31-12-10-19(11-13-31)29-26-28-17-18-8-9-23(33)32(24(18)30-26)20-4-1-2-5-20/h3,6-9,16-17,19-20H,1-2,4-5,10-15H2,(H2,27,34)(H,28,29,30). The van der Waals surface area contributed by atoms with Crippen LogP contribution in [0, 0.1) is 0 Å². The molecular weight excluding hydrogens is 524 g/mol. The molecule has 208 valence electrons. The third kappa shape index (κ3) is 6.14. The summed E-state index contributed by atoms with van der Waals surface area (Å²) in [5.74, 6) is 0.788. The highest BCUT2D eigenvalue weighted by Crippen LogP contribution is 2.30.